The SMILES string of the molecule is Cc1cc(C(C)Nc2ccccc2-n2cnnn2)c2oc(N3Cc4ccccc4C3)cc(=O)c2c1. The smallest absolute Gasteiger partial charge is 0.200 e. The molecule has 1 unspecified atom stereocenters. The Morgan fingerprint density at radius 3 is 2.49 bits per heavy atom. The summed E-state index contributed by atoms with van der Waals surface area (Å²) in [5, 5.41) is 15.7. The van der Waals surface area contributed by atoms with Crippen LogP contribution in [0.1, 0.15) is 35.2 Å². The van der Waals surface area contributed by atoms with E-state index in [0.717, 1.165) is 35.6 Å². The Kier molecular flexibility index (Phi) is 5.06. The van der Waals surface area contributed by atoms with E-state index in [2.05, 4.69) is 50.9 Å². The number of fused-ring (bicyclic) bond motifs is 2. The number of hydrogen-bond acceptors (Lipinski definition) is 7. The van der Waals surface area contributed by atoms with E-state index in [-0.39, 0.29) is 11.5 Å². The molecule has 174 valence electrons. The third-order valence-electron chi connectivity index (χ3n) is 6.48. The number of aromatic nitrogens is 4. The molecule has 0 bridgehead atoms. The lowest BCUT2D eigenvalue weighted by Gasteiger charge is -2.21. The number of tetrazole rings is 1. The topological polar surface area (TPSA) is 89.1 Å². The highest BCUT2D eigenvalue weighted by Gasteiger charge is 2.23. The number of benzene rings is 3. The van der Waals surface area contributed by atoms with Gasteiger partial charge in [0.25, 0.3) is 0 Å². The number of para-hydroxylation sites is 2. The third kappa shape index (κ3) is 3.82. The molecule has 2 aromatic heterocycles. The van der Waals surface area contributed by atoms with Gasteiger partial charge in [-0.25, -0.2) is 0 Å². The fourth-order valence-electron chi connectivity index (χ4n) is 4.77. The second-order valence-corrected chi connectivity index (χ2v) is 8.94. The van der Waals surface area contributed by atoms with Gasteiger partial charge in [0.05, 0.1) is 22.8 Å². The highest BCUT2D eigenvalue weighted by atomic mass is 16.4. The molecule has 1 atom stereocenters. The van der Waals surface area contributed by atoms with Gasteiger partial charge in [-0.05, 0) is 59.2 Å². The molecule has 0 amide bonds. The molecule has 1 aliphatic heterocycles. The van der Waals surface area contributed by atoms with Crippen molar-refractivity contribution in [2.45, 2.75) is 33.0 Å². The second kappa shape index (κ2) is 8.39. The summed E-state index contributed by atoms with van der Waals surface area (Å²) in [5.74, 6) is 0.588. The fourth-order valence-corrected chi connectivity index (χ4v) is 4.77. The van der Waals surface area contributed by atoms with Crippen LogP contribution in [0.15, 0.2) is 82.3 Å². The zero-order valence-electron chi connectivity index (χ0n) is 19.5. The van der Waals surface area contributed by atoms with Crippen LogP contribution in [0.5, 0.6) is 0 Å². The lowest BCUT2D eigenvalue weighted by atomic mass is 10.0. The van der Waals surface area contributed by atoms with Gasteiger partial charge in [-0.2, -0.15) is 4.68 Å². The number of nitrogens with one attached hydrogen (secondary N) is 1. The van der Waals surface area contributed by atoms with Crippen LogP contribution < -0.4 is 15.6 Å². The monoisotopic (exact) mass is 464 g/mol. The van der Waals surface area contributed by atoms with E-state index in [9.17, 15) is 4.79 Å². The summed E-state index contributed by atoms with van der Waals surface area (Å²) in [4.78, 5) is 15.3. The predicted octanol–water partition coefficient (Wildman–Crippen LogP) is 4.77. The van der Waals surface area contributed by atoms with Crippen molar-refractivity contribution in [3.8, 4) is 5.69 Å². The summed E-state index contributed by atoms with van der Waals surface area (Å²) < 4.78 is 8.07. The molecule has 6 rings (SSSR count). The quantitative estimate of drug-likeness (QED) is 0.401. The lowest BCUT2D eigenvalue weighted by molar-refractivity contribution is 0.570. The Bertz CT molecular complexity index is 1570. The molecule has 0 saturated carbocycles. The number of hydrogen-bond donors (Lipinski definition) is 1. The fraction of sp³-hybridized carbons (Fsp3) is 0.185. The van der Waals surface area contributed by atoms with Crippen LogP contribution in [0.2, 0.25) is 0 Å². The van der Waals surface area contributed by atoms with E-state index in [1.807, 2.05) is 49.4 Å². The average molecular weight is 465 g/mol. The first-order valence-corrected chi connectivity index (χ1v) is 11.6. The molecule has 35 heavy (non-hydrogen) atoms. The van der Waals surface area contributed by atoms with Crippen molar-refractivity contribution in [1.29, 1.82) is 0 Å². The summed E-state index contributed by atoms with van der Waals surface area (Å²) in [6.45, 7) is 5.50. The summed E-state index contributed by atoms with van der Waals surface area (Å²) in [7, 11) is 0. The number of anilines is 2. The maximum Gasteiger partial charge on any atom is 0.200 e. The summed E-state index contributed by atoms with van der Waals surface area (Å²) in [5.41, 5.74) is 6.71. The van der Waals surface area contributed by atoms with E-state index < -0.39 is 0 Å². The van der Waals surface area contributed by atoms with Gasteiger partial charge < -0.3 is 14.6 Å². The van der Waals surface area contributed by atoms with Crippen LogP contribution in [0.4, 0.5) is 11.6 Å². The molecule has 0 spiro atoms. The molecule has 5 aromatic rings. The van der Waals surface area contributed by atoms with Gasteiger partial charge in [0.15, 0.2) is 5.43 Å². The Hall–Kier alpha value is -4.46. The van der Waals surface area contributed by atoms with Crippen molar-refractivity contribution in [1.82, 2.24) is 20.2 Å². The van der Waals surface area contributed by atoms with Gasteiger partial charge in [0.2, 0.25) is 5.88 Å². The maximum absolute atomic E-state index is 13.2. The van der Waals surface area contributed by atoms with Crippen molar-refractivity contribution in [2.75, 3.05) is 10.2 Å². The van der Waals surface area contributed by atoms with Crippen molar-refractivity contribution in [2.24, 2.45) is 0 Å². The first kappa shape index (κ1) is 21.1. The molecule has 3 aromatic carbocycles. The van der Waals surface area contributed by atoms with Crippen molar-refractivity contribution >= 4 is 22.5 Å². The Morgan fingerprint density at radius 1 is 1.00 bits per heavy atom. The molecular weight excluding hydrogens is 440 g/mol. The third-order valence-corrected chi connectivity index (χ3v) is 6.48. The highest BCUT2D eigenvalue weighted by molar-refractivity contribution is 5.83. The van der Waals surface area contributed by atoms with E-state index in [0.29, 0.717) is 16.9 Å². The van der Waals surface area contributed by atoms with Gasteiger partial charge in [-0.1, -0.05) is 42.5 Å². The zero-order valence-corrected chi connectivity index (χ0v) is 19.5. The largest absolute Gasteiger partial charge is 0.440 e. The molecule has 1 N–H and O–H groups in total. The van der Waals surface area contributed by atoms with Crippen LogP contribution in [-0.2, 0) is 13.1 Å². The zero-order chi connectivity index (χ0) is 23.9. The van der Waals surface area contributed by atoms with E-state index in [1.54, 1.807) is 17.1 Å². The average Bonchev–Trinajstić information content (AvgIpc) is 3.54. The number of aryl methyl sites for hydroxylation is 1. The van der Waals surface area contributed by atoms with Gasteiger partial charge in [0, 0.05) is 24.7 Å². The highest BCUT2D eigenvalue weighted by Crippen LogP contribution is 2.33. The minimum absolute atomic E-state index is 0.0385. The van der Waals surface area contributed by atoms with Crippen molar-refractivity contribution in [3.05, 3.63) is 106 Å². The molecule has 3 heterocycles. The molecule has 1 aliphatic rings. The number of rotatable bonds is 5. The molecule has 0 fully saturated rings. The van der Waals surface area contributed by atoms with Crippen LogP contribution in [0.25, 0.3) is 16.7 Å². The standard InChI is InChI=1S/C27H24N6O2/c1-17-11-21(18(2)29-23-9-5-6-10-24(23)33-16-28-30-31-33)27-22(12-17)25(34)13-26(35-27)32-14-19-7-3-4-8-20(19)15-32/h3-13,16,18,29H,14-15H2,1-2H3. The van der Waals surface area contributed by atoms with E-state index in [4.69, 9.17) is 4.42 Å². The normalized spacial score (nSPS) is 13.7. The van der Waals surface area contributed by atoms with Crippen molar-refractivity contribution < 1.29 is 4.42 Å². The molecule has 8 nitrogen and oxygen atoms in total. The van der Waals surface area contributed by atoms with Gasteiger partial charge in [-0.15, -0.1) is 5.10 Å². The molecule has 0 saturated heterocycles. The summed E-state index contributed by atoms with van der Waals surface area (Å²) in [6.07, 6.45) is 1.56. The van der Waals surface area contributed by atoms with Gasteiger partial charge >= 0.3 is 0 Å². The van der Waals surface area contributed by atoms with Crippen LogP contribution >= 0.6 is 0 Å². The molecule has 8 heteroatoms. The van der Waals surface area contributed by atoms with Gasteiger partial charge in [0.1, 0.15) is 11.9 Å². The van der Waals surface area contributed by atoms with Gasteiger partial charge in [-0.3, -0.25) is 4.79 Å². The Balaban J connectivity index is 1.40. The van der Waals surface area contributed by atoms with Crippen LogP contribution in [-0.4, -0.2) is 20.2 Å². The van der Waals surface area contributed by atoms with Crippen LogP contribution in [0, 0.1) is 6.92 Å². The lowest BCUT2D eigenvalue weighted by Crippen LogP contribution is -2.17. The molecule has 0 radical (unpaired) electrons. The first-order valence-electron chi connectivity index (χ1n) is 11.6. The number of nitrogens with zero attached hydrogens (tertiary/aromatic N) is 5. The van der Waals surface area contributed by atoms with Crippen molar-refractivity contribution in [3.63, 3.8) is 0 Å². The molecular formula is C27H24N6O2. The Morgan fingerprint density at radius 2 is 1.74 bits per heavy atom. The summed E-state index contributed by atoms with van der Waals surface area (Å²) >= 11 is 0. The minimum Gasteiger partial charge on any atom is -0.440 e. The predicted molar refractivity (Wildman–Crippen MR) is 135 cm³/mol. The first-order chi connectivity index (χ1) is 17.1. The maximum atomic E-state index is 13.2. The Labute approximate surface area is 201 Å². The van der Waals surface area contributed by atoms with E-state index >= 15 is 0 Å². The van der Waals surface area contributed by atoms with Crippen LogP contribution in [0.3, 0.4) is 0 Å². The summed E-state index contributed by atoms with van der Waals surface area (Å²) in [6, 6.07) is 21.6. The van der Waals surface area contributed by atoms with E-state index in [1.165, 1.54) is 11.1 Å². The second-order valence-electron chi connectivity index (χ2n) is 8.94. The minimum atomic E-state index is -0.149. The molecule has 0 aliphatic carbocycles.